The molecule has 2 unspecified atom stereocenters. The van der Waals surface area contributed by atoms with Crippen LogP contribution in [0.3, 0.4) is 0 Å². The summed E-state index contributed by atoms with van der Waals surface area (Å²) >= 11 is 0. The molecule has 1 rings (SSSR count). The second kappa shape index (κ2) is 5.83. The quantitative estimate of drug-likeness (QED) is 0.739. The molecule has 0 spiro atoms. The molecule has 1 fully saturated rings. The fraction of sp³-hybridized carbons (Fsp3) is 0.857. The van der Waals surface area contributed by atoms with E-state index in [4.69, 9.17) is 0 Å². The van der Waals surface area contributed by atoms with Gasteiger partial charge < -0.3 is 5.32 Å². The van der Waals surface area contributed by atoms with E-state index >= 15 is 0 Å². The highest BCUT2D eigenvalue weighted by molar-refractivity contribution is 4.86. The summed E-state index contributed by atoms with van der Waals surface area (Å²) in [6.07, 6.45) is 4.65. The van der Waals surface area contributed by atoms with Gasteiger partial charge in [0.15, 0.2) is 0 Å². The highest BCUT2D eigenvalue weighted by atomic mass is 15.2. The van der Waals surface area contributed by atoms with E-state index in [9.17, 15) is 0 Å². The number of nitrogens with zero attached hydrogens (tertiary/aromatic N) is 1. The van der Waals surface area contributed by atoms with Crippen LogP contribution in [0.2, 0.25) is 0 Å². The van der Waals surface area contributed by atoms with Crippen LogP contribution in [0.1, 0.15) is 40.5 Å². The van der Waals surface area contributed by atoms with Crippen LogP contribution in [0.15, 0.2) is 12.7 Å². The molecular formula is C14H28N2. The van der Waals surface area contributed by atoms with Gasteiger partial charge in [-0.15, -0.1) is 6.58 Å². The lowest BCUT2D eigenvalue weighted by atomic mass is 9.91. The summed E-state index contributed by atoms with van der Waals surface area (Å²) < 4.78 is 0. The van der Waals surface area contributed by atoms with Crippen LogP contribution in [0.4, 0.5) is 0 Å². The smallest absolute Gasteiger partial charge is 0.0165 e. The standard InChI is InChI=1S/C14H28N2/c1-6-9-16(14(3,4)5)11-13-7-8-15-12(2)10-13/h6,12-13,15H,1,7-11H2,2-5H3. The number of nitrogens with one attached hydrogen (secondary N) is 1. The third kappa shape index (κ3) is 4.26. The molecule has 1 heterocycles. The number of hydrogen-bond acceptors (Lipinski definition) is 2. The van der Waals surface area contributed by atoms with E-state index in [0.29, 0.717) is 6.04 Å². The van der Waals surface area contributed by atoms with Crippen molar-refractivity contribution in [2.24, 2.45) is 5.92 Å². The largest absolute Gasteiger partial charge is 0.314 e. The van der Waals surface area contributed by atoms with Gasteiger partial charge in [-0.05, 0) is 53.0 Å². The molecule has 0 saturated carbocycles. The first kappa shape index (κ1) is 13.7. The van der Waals surface area contributed by atoms with Crippen molar-refractivity contribution in [1.82, 2.24) is 10.2 Å². The molecule has 94 valence electrons. The van der Waals surface area contributed by atoms with Gasteiger partial charge in [-0.2, -0.15) is 0 Å². The summed E-state index contributed by atoms with van der Waals surface area (Å²) in [6, 6.07) is 0.685. The van der Waals surface area contributed by atoms with Crippen LogP contribution in [-0.2, 0) is 0 Å². The Labute approximate surface area is 101 Å². The summed E-state index contributed by atoms with van der Waals surface area (Å²) in [6.45, 7) is 16.4. The van der Waals surface area contributed by atoms with Gasteiger partial charge in [-0.1, -0.05) is 6.08 Å². The van der Waals surface area contributed by atoms with Crippen molar-refractivity contribution in [3.63, 3.8) is 0 Å². The Morgan fingerprint density at radius 3 is 2.62 bits per heavy atom. The molecule has 0 radical (unpaired) electrons. The molecule has 0 amide bonds. The third-order valence-electron chi connectivity index (χ3n) is 3.51. The van der Waals surface area contributed by atoms with Gasteiger partial charge in [0, 0.05) is 24.7 Å². The molecule has 1 aliphatic heterocycles. The molecule has 0 bridgehead atoms. The van der Waals surface area contributed by atoms with Crippen molar-refractivity contribution in [3.05, 3.63) is 12.7 Å². The lowest BCUT2D eigenvalue weighted by Crippen LogP contribution is -2.47. The Kier molecular flexibility index (Phi) is 5.00. The first-order chi connectivity index (χ1) is 7.43. The van der Waals surface area contributed by atoms with Crippen molar-refractivity contribution in [2.45, 2.75) is 52.1 Å². The van der Waals surface area contributed by atoms with Crippen molar-refractivity contribution >= 4 is 0 Å². The lowest BCUT2D eigenvalue weighted by molar-refractivity contribution is 0.113. The second-order valence-electron chi connectivity index (χ2n) is 6.11. The fourth-order valence-electron chi connectivity index (χ4n) is 2.49. The van der Waals surface area contributed by atoms with E-state index in [0.717, 1.165) is 12.5 Å². The SMILES string of the molecule is C=CCN(CC1CCNC(C)C1)C(C)(C)C. The van der Waals surface area contributed by atoms with Crippen molar-refractivity contribution in [2.75, 3.05) is 19.6 Å². The summed E-state index contributed by atoms with van der Waals surface area (Å²) in [5.41, 5.74) is 0.252. The van der Waals surface area contributed by atoms with E-state index < -0.39 is 0 Å². The van der Waals surface area contributed by atoms with Gasteiger partial charge in [0.05, 0.1) is 0 Å². The molecule has 0 aliphatic carbocycles. The van der Waals surface area contributed by atoms with Gasteiger partial charge >= 0.3 is 0 Å². The minimum Gasteiger partial charge on any atom is -0.314 e. The average Bonchev–Trinajstić information content (AvgIpc) is 2.16. The van der Waals surface area contributed by atoms with Gasteiger partial charge in [0.1, 0.15) is 0 Å². The lowest BCUT2D eigenvalue weighted by Gasteiger charge is -2.39. The second-order valence-corrected chi connectivity index (χ2v) is 6.11. The zero-order chi connectivity index (χ0) is 12.2. The monoisotopic (exact) mass is 224 g/mol. The highest BCUT2D eigenvalue weighted by Gasteiger charge is 2.25. The van der Waals surface area contributed by atoms with Crippen LogP contribution in [-0.4, -0.2) is 36.1 Å². The van der Waals surface area contributed by atoms with Crippen molar-refractivity contribution < 1.29 is 0 Å². The summed E-state index contributed by atoms with van der Waals surface area (Å²) in [4.78, 5) is 2.54. The number of hydrogen-bond donors (Lipinski definition) is 1. The maximum atomic E-state index is 3.87. The van der Waals surface area contributed by atoms with E-state index in [2.05, 4.69) is 44.5 Å². The van der Waals surface area contributed by atoms with Gasteiger partial charge in [0.25, 0.3) is 0 Å². The molecule has 2 nitrogen and oxygen atoms in total. The summed E-state index contributed by atoms with van der Waals surface area (Å²) in [5, 5.41) is 3.52. The van der Waals surface area contributed by atoms with E-state index in [1.54, 1.807) is 0 Å². The van der Waals surface area contributed by atoms with Gasteiger partial charge in [-0.25, -0.2) is 0 Å². The minimum atomic E-state index is 0.252. The average molecular weight is 224 g/mol. The maximum Gasteiger partial charge on any atom is 0.0165 e. The minimum absolute atomic E-state index is 0.252. The summed E-state index contributed by atoms with van der Waals surface area (Å²) in [7, 11) is 0. The van der Waals surface area contributed by atoms with Gasteiger partial charge in [-0.3, -0.25) is 4.90 Å². The zero-order valence-electron chi connectivity index (χ0n) is 11.4. The maximum absolute atomic E-state index is 3.87. The Morgan fingerprint density at radius 1 is 1.44 bits per heavy atom. The Balaban J connectivity index is 2.50. The Hall–Kier alpha value is -0.340. The van der Waals surface area contributed by atoms with Crippen LogP contribution in [0.5, 0.6) is 0 Å². The van der Waals surface area contributed by atoms with E-state index in [-0.39, 0.29) is 5.54 Å². The summed E-state index contributed by atoms with van der Waals surface area (Å²) in [5.74, 6) is 0.843. The van der Waals surface area contributed by atoms with Gasteiger partial charge in [0.2, 0.25) is 0 Å². The van der Waals surface area contributed by atoms with E-state index in [1.165, 1.54) is 25.9 Å². The molecule has 1 N–H and O–H groups in total. The number of rotatable bonds is 4. The predicted molar refractivity (Wildman–Crippen MR) is 71.7 cm³/mol. The zero-order valence-corrected chi connectivity index (χ0v) is 11.4. The van der Waals surface area contributed by atoms with E-state index in [1.807, 2.05) is 6.08 Å². The molecular weight excluding hydrogens is 196 g/mol. The first-order valence-electron chi connectivity index (χ1n) is 6.53. The number of piperidine rings is 1. The topological polar surface area (TPSA) is 15.3 Å². The Bertz CT molecular complexity index is 217. The van der Waals surface area contributed by atoms with Crippen LogP contribution in [0, 0.1) is 5.92 Å². The van der Waals surface area contributed by atoms with Crippen molar-refractivity contribution in [3.8, 4) is 0 Å². The fourth-order valence-corrected chi connectivity index (χ4v) is 2.49. The van der Waals surface area contributed by atoms with Crippen LogP contribution < -0.4 is 5.32 Å². The molecule has 1 aliphatic rings. The normalized spacial score (nSPS) is 27.1. The molecule has 2 atom stereocenters. The molecule has 0 aromatic rings. The third-order valence-corrected chi connectivity index (χ3v) is 3.51. The molecule has 0 aromatic heterocycles. The Morgan fingerprint density at radius 2 is 2.12 bits per heavy atom. The van der Waals surface area contributed by atoms with Crippen LogP contribution >= 0.6 is 0 Å². The molecule has 16 heavy (non-hydrogen) atoms. The predicted octanol–water partition coefficient (Wildman–Crippen LogP) is 2.66. The first-order valence-corrected chi connectivity index (χ1v) is 6.53. The molecule has 0 aromatic carbocycles. The van der Waals surface area contributed by atoms with Crippen molar-refractivity contribution in [1.29, 1.82) is 0 Å². The molecule has 2 heteroatoms. The highest BCUT2D eigenvalue weighted by Crippen LogP contribution is 2.22. The van der Waals surface area contributed by atoms with Crippen LogP contribution in [0.25, 0.3) is 0 Å². The molecule has 1 saturated heterocycles.